The lowest BCUT2D eigenvalue weighted by molar-refractivity contribution is 0.0830. The van der Waals surface area contributed by atoms with Crippen molar-refractivity contribution in [3.63, 3.8) is 0 Å². The topological polar surface area (TPSA) is 67.9 Å². The number of urea groups is 1. The number of amides is 3. The molecule has 2 aromatic carbocycles. The molecule has 0 radical (unpaired) electrons. The van der Waals surface area contributed by atoms with Gasteiger partial charge in [0.2, 0.25) is 0 Å². The van der Waals surface area contributed by atoms with Crippen molar-refractivity contribution >= 4 is 23.5 Å². The second-order valence-corrected chi connectivity index (χ2v) is 6.75. The molecule has 2 aromatic rings. The first kappa shape index (κ1) is 19.0. The van der Waals surface area contributed by atoms with Gasteiger partial charge in [0.15, 0.2) is 11.5 Å². The van der Waals surface area contributed by atoms with E-state index in [0.29, 0.717) is 18.1 Å². The van der Waals surface area contributed by atoms with Crippen LogP contribution in [0.4, 0.5) is 4.79 Å². The molecule has 0 aliphatic heterocycles. The molecule has 7 heteroatoms. The van der Waals surface area contributed by atoms with E-state index in [1.54, 1.807) is 0 Å². The van der Waals surface area contributed by atoms with Crippen molar-refractivity contribution in [1.29, 1.82) is 0 Å². The highest BCUT2D eigenvalue weighted by molar-refractivity contribution is 6.34. The lowest BCUT2D eigenvalue weighted by Gasteiger charge is -2.18. The second-order valence-electron chi connectivity index (χ2n) is 6.35. The highest BCUT2D eigenvalue weighted by Crippen LogP contribution is 2.34. The lowest BCUT2D eigenvalue weighted by atomic mass is 10.1. The first-order chi connectivity index (χ1) is 13.0. The average molecular weight is 389 g/mol. The summed E-state index contributed by atoms with van der Waals surface area (Å²) in [6.07, 6.45) is 1.88. The molecule has 1 fully saturated rings. The maximum absolute atomic E-state index is 12.7. The van der Waals surface area contributed by atoms with Gasteiger partial charge in [0, 0.05) is 19.2 Å². The van der Waals surface area contributed by atoms with Crippen LogP contribution in [-0.2, 0) is 6.61 Å². The van der Waals surface area contributed by atoms with Crippen LogP contribution in [0.3, 0.4) is 0 Å². The van der Waals surface area contributed by atoms with Crippen LogP contribution >= 0.6 is 11.6 Å². The van der Waals surface area contributed by atoms with Crippen LogP contribution in [0.2, 0.25) is 5.02 Å². The van der Waals surface area contributed by atoms with Gasteiger partial charge in [-0.3, -0.25) is 9.69 Å². The smallest absolute Gasteiger partial charge is 0.324 e. The summed E-state index contributed by atoms with van der Waals surface area (Å²) in [4.78, 5) is 25.9. The van der Waals surface area contributed by atoms with Gasteiger partial charge in [-0.05, 0) is 24.5 Å². The summed E-state index contributed by atoms with van der Waals surface area (Å²) in [5, 5.41) is 2.96. The van der Waals surface area contributed by atoms with E-state index in [9.17, 15) is 9.59 Å². The molecule has 142 valence electrons. The third kappa shape index (κ3) is 4.71. The van der Waals surface area contributed by atoms with Crippen molar-refractivity contribution in [2.45, 2.75) is 25.5 Å². The molecule has 0 unspecified atom stereocenters. The van der Waals surface area contributed by atoms with E-state index in [2.05, 4.69) is 5.32 Å². The van der Waals surface area contributed by atoms with E-state index in [-0.39, 0.29) is 16.6 Å². The summed E-state index contributed by atoms with van der Waals surface area (Å²) < 4.78 is 11.1. The molecule has 0 saturated heterocycles. The van der Waals surface area contributed by atoms with Gasteiger partial charge >= 0.3 is 6.03 Å². The summed E-state index contributed by atoms with van der Waals surface area (Å²) in [7, 11) is 2.92. The molecular weight excluding hydrogens is 368 g/mol. The fourth-order valence-electron chi connectivity index (χ4n) is 2.48. The molecular formula is C20H21ClN2O4. The Bertz CT molecular complexity index is 837. The molecule has 0 heterocycles. The first-order valence-corrected chi connectivity index (χ1v) is 9.00. The Balaban J connectivity index is 1.79. The van der Waals surface area contributed by atoms with Gasteiger partial charge in [-0.2, -0.15) is 0 Å². The summed E-state index contributed by atoms with van der Waals surface area (Å²) in [5.41, 5.74) is 1.15. The Kier molecular flexibility index (Phi) is 5.86. The van der Waals surface area contributed by atoms with Crippen molar-refractivity contribution in [1.82, 2.24) is 10.2 Å². The number of imide groups is 1. The number of nitrogens with one attached hydrogen (secondary N) is 1. The Morgan fingerprint density at radius 3 is 2.52 bits per heavy atom. The van der Waals surface area contributed by atoms with Crippen LogP contribution in [0.5, 0.6) is 11.5 Å². The third-order valence-corrected chi connectivity index (χ3v) is 4.55. The summed E-state index contributed by atoms with van der Waals surface area (Å²) in [6.45, 7) is 0.310. The summed E-state index contributed by atoms with van der Waals surface area (Å²) >= 11 is 6.24. The standard InChI is InChI=1S/C20H21ClN2O4/c1-23(20(25)22-14-8-9-14)19(24)15-10-18(17(26-2)11-16(15)21)27-12-13-6-4-3-5-7-13/h3-7,10-11,14H,8-9,12H2,1-2H3,(H,22,25). The Labute approximate surface area is 163 Å². The number of benzene rings is 2. The lowest BCUT2D eigenvalue weighted by Crippen LogP contribution is -2.42. The zero-order valence-corrected chi connectivity index (χ0v) is 16.0. The van der Waals surface area contributed by atoms with Crippen LogP contribution < -0.4 is 14.8 Å². The van der Waals surface area contributed by atoms with E-state index in [4.69, 9.17) is 21.1 Å². The number of nitrogens with zero attached hydrogens (tertiary/aromatic N) is 1. The van der Waals surface area contributed by atoms with Crippen molar-refractivity contribution in [2.75, 3.05) is 14.2 Å². The monoisotopic (exact) mass is 388 g/mol. The molecule has 0 spiro atoms. The van der Waals surface area contributed by atoms with E-state index < -0.39 is 11.9 Å². The van der Waals surface area contributed by atoms with Crippen LogP contribution in [-0.4, -0.2) is 37.0 Å². The van der Waals surface area contributed by atoms with Crippen molar-refractivity contribution in [2.24, 2.45) is 0 Å². The van der Waals surface area contributed by atoms with Crippen molar-refractivity contribution in [3.8, 4) is 11.5 Å². The summed E-state index contributed by atoms with van der Waals surface area (Å²) in [6, 6.07) is 12.4. The van der Waals surface area contributed by atoms with Crippen molar-refractivity contribution < 1.29 is 19.1 Å². The second kappa shape index (κ2) is 8.31. The number of ether oxygens (including phenoxy) is 2. The van der Waals surface area contributed by atoms with Crippen LogP contribution in [0.1, 0.15) is 28.8 Å². The highest BCUT2D eigenvalue weighted by Gasteiger charge is 2.28. The highest BCUT2D eigenvalue weighted by atomic mass is 35.5. The minimum Gasteiger partial charge on any atom is -0.493 e. The molecule has 3 rings (SSSR count). The maximum atomic E-state index is 12.7. The quantitative estimate of drug-likeness (QED) is 0.815. The number of rotatable bonds is 6. The Hall–Kier alpha value is -2.73. The van der Waals surface area contributed by atoms with E-state index in [1.165, 1.54) is 26.3 Å². The van der Waals surface area contributed by atoms with Gasteiger partial charge < -0.3 is 14.8 Å². The number of halogens is 1. The molecule has 27 heavy (non-hydrogen) atoms. The minimum absolute atomic E-state index is 0.156. The van der Waals surface area contributed by atoms with Gasteiger partial charge in [0.25, 0.3) is 5.91 Å². The first-order valence-electron chi connectivity index (χ1n) is 8.62. The zero-order chi connectivity index (χ0) is 19.4. The third-order valence-electron chi connectivity index (χ3n) is 4.24. The SMILES string of the molecule is COc1cc(Cl)c(C(=O)N(C)C(=O)NC2CC2)cc1OCc1ccccc1. The molecule has 1 N–H and O–H groups in total. The predicted molar refractivity (Wildman–Crippen MR) is 102 cm³/mol. The van der Waals surface area contributed by atoms with Crippen LogP contribution in [0, 0.1) is 0 Å². The number of carbonyl (C=O) groups excluding carboxylic acids is 2. The molecule has 0 bridgehead atoms. The normalized spacial score (nSPS) is 13.0. The molecule has 1 aliphatic carbocycles. The van der Waals surface area contributed by atoms with E-state index in [0.717, 1.165) is 23.3 Å². The van der Waals surface area contributed by atoms with E-state index in [1.807, 2.05) is 30.3 Å². The number of hydrogen-bond donors (Lipinski definition) is 1. The fourth-order valence-corrected chi connectivity index (χ4v) is 2.71. The number of carbonyl (C=O) groups is 2. The molecule has 6 nitrogen and oxygen atoms in total. The molecule has 0 atom stereocenters. The molecule has 1 saturated carbocycles. The predicted octanol–water partition coefficient (Wildman–Crippen LogP) is 3.87. The average Bonchev–Trinajstić information content (AvgIpc) is 3.50. The molecule has 3 amide bonds. The van der Waals surface area contributed by atoms with E-state index >= 15 is 0 Å². The van der Waals surface area contributed by atoms with Gasteiger partial charge in [-0.15, -0.1) is 0 Å². The van der Waals surface area contributed by atoms with Crippen molar-refractivity contribution in [3.05, 3.63) is 58.6 Å². The number of hydrogen-bond acceptors (Lipinski definition) is 4. The van der Waals surface area contributed by atoms with Crippen LogP contribution in [0.25, 0.3) is 0 Å². The molecule has 0 aromatic heterocycles. The fraction of sp³-hybridized carbons (Fsp3) is 0.300. The van der Waals surface area contributed by atoms with Gasteiger partial charge in [0.05, 0.1) is 17.7 Å². The van der Waals surface area contributed by atoms with Gasteiger partial charge in [-0.1, -0.05) is 41.9 Å². The van der Waals surface area contributed by atoms with Gasteiger partial charge in [-0.25, -0.2) is 4.79 Å². The summed E-state index contributed by atoms with van der Waals surface area (Å²) in [5.74, 6) is 0.285. The minimum atomic E-state index is -0.509. The largest absolute Gasteiger partial charge is 0.493 e. The van der Waals surface area contributed by atoms with Crippen LogP contribution in [0.15, 0.2) is 42.5 Å². The Morgan fingerprint density at radius 1 is 1.19 bits per heavy atom. The zero-order valence-electron chi connectivity index (χ0n) is 15.2. The van der Waals surface area contributed by atoms with Gasteiger partial charge in [0.1, 0.15) is 6.61 Å². The Morgan fingerprint density at radius 2 is 1.89 bits per heavy atom. The number of methoxy groups -OCH3 is 1. The molecule has 1 aliphatic rings. The maximum Gasteiger partial charge on any atom is 0.324 e.